The molecule has 1 aromatic carbocycles. The molecule has 24 heavy (non-hydrogen) atoms. The molecule has 9 heteroatoms. The first-order chi connectivity index (χ1) is 11.3. The number of hydrogen-bond donors (Lipinski definition) is 1. The van der Waals surface area contributed by atoms with Crippen LogP contribution in [0.2, 0.25) is 0 Å². The maximum atomic E-state index is 12.3. The maximum absolute atomic E-state index is 12.3. The van der Waals surface area contributed by atoms with Crippen LogP contribution in [0, 0.1) is 13.8 Å². The van der Waals surface area contributed by atoms with E-state index >= 15 is 0 Å². The van der Waals surface area contributed by atoms with Gasteiger partial charge in [0.05, 0.1) is 23.0 Å². The minimum Gasteiger partial charge on any atom is -0.493 e. The molecule has 0 atom stereocenters. The Hall–Kier alpha value is -2.16. The summed E-state index contributed by atoms with van der Waals surface area (Å²) in [5.74, 6) is -0.312. The number of carbonyl (C=O) groups is 1. The number of methoxy groups -OCH3 is 1. The molecule has 1 heterocycles. The highest BCUT2D eigenvalue weighted by molar-refractivity contribution is 9.10. The second-order valence-corrected chi connectivity index (χ2v) is 5.73. The Kier molecular flexibility index (Phi) is 5.76. The SMILES string of the molecule is COc1cc(NC(=O)Cn2nc(C)c(Br)c2C)ccc1OC(F)F. The number of nitrogens with one attached hydrogen (secondary N) is 1. The highest BCUT2D eigenvalue weighted by Gasteiger charge is 2.14. The fraction of sp³-hybridized carbons (Fsp3) is 0.333. The van der Waals surface area contributed by atoms with Gasteiger partial charge in [-0.15, -0.1) is 0 Å². The van der Waals surface area contributed by atoms with E-state index < -0.39 is 6.61 Å². The number of hydrogen-bond acceptors (Lipinski definition) is 4. The number of aromatic nitrogens is 2. The Balaban J connectivity index is 2.09. The zero-order chi connectivity index (χ0) is 17.9. The normalized spacial score (nSPS) is 10.8. The van der Waals surface area contributed by atoms with Crippen LogP contribution in [0.1, 0.15) is 11.4 Å². The van der Waals surface area contributed by atoms with Crippen molar-refractivity contribution in [2.45, 2.75) is 27.0 Å². The van der Waals surface area contributed by atoms with Gasteiger partial charge in [-0.05, 0) is 41.9 Å². The first-order valence-electron chi connectivity index (χ1n) is 6.94. The number of amides is 1. The molecule has 0 saturated carbocycles. The van der Waals surface area contributed by atoms with Gasteiger partial charge in [-0.3, -0.25) is 9.48 Å². The van der Waals surface area contributed by atoms with Gasteiger partial charge < -0.3 is 14.8 Å². The van der Waals surface area contributed by atoms with Gasteiger partial charge in [-0.25, -0.2) is 0 Å². The van der Waals surface area contributed by atoms with Crippen molar-refractivity contribution in [1.82, 2.24) is 9.78 Å². The number of carbonyl (C=O) groups excluding carboxylic acids is 1. The number of nitrogens with zero attached hydrogens (tertiary/aromatic N) is 2. The summed E-state index contributed by atoms with van der Waals surface area (Å²) in [6, 6.07) is 4.17. The van der Waals surface area contributed by atoms with Gasteiger partial charge in [-0.2, -0.15) is 13.9 Å². The summed E-state index contributed by atoms with van der Waals surface area (Å²) >= 11 is 3.40. The lowest BCUT2D eigenvalue weighted by Crippen LogP contribution is -2.20. The average Bonchev–Trinajstić information content (AvgIpc) is 2.75. The Morgan fingerprint density at radius 3 is 2.62 bits per heavy atom. The van der Waals surface area contributed by atoms with Crippen LogP contribution < -0.4 is 14.8 Å². The topological polar surface area (TPSA) is 65.4 Å². The van der Waals surface area contributed by atoms with Crippen molar-refractivity contribution in [2.75, 3.05) is 12.4 Å². The Morgan fingerprint density at radius 1 is 1.38 bits per heavy atom. The number of benzene rings is 1. The molecule has 0 spiro atoms. The van der Waals surface area contributed by atoms with E-state index in [2.05, 4.69) is 31.1 Å². The van der Waals surface area contributed by atoms with Gasteiger partial charge in [0.25, 0.3) is 0 Å². The minimum atomic E-state index is -2.95. The third-order valence-corrected chi connectivity index (χ3v) is 4.40. The Morgan fingerprint density at radius 2 is 2.08 bits per heavy atom. The number of alkyl halides is 2. The van der Waals surface area contributed by atoms with Crippen LogP contribution in [0.4, 0.5) is 14.5 Å². The molecule has 130 valence electrons. The van der Waals surface area contributed by atoms with E-state index in [4.69, 9.17) is 4.74 Å². The molecule has 6 nitrogen and oxygen atoms in total. The standard InChI is InChI=1S/C15H16BrF2N3O3/c1-8-14(16)9(2)21(20-8)7-13(22)19-10-4-5-11(24-15(17)18)12(6-10)23-3/h4-6,15H,7H2,1-3H3,(H,19,22). The first kappa shape index (κ1) is 18.2. The van der Waals surface area contributed by atoms with Gasteiger partial charge in [0.15, 0.2) is 11.5 Å². The highest BCUT2D eigenvalue weighted by atomic mass is 79.9. The summed E-state index contributed by atoms with van der Waals surface area (Å²) in [6.45, 7) is 0.744. The van der Waals surface area contributed by atoms with E-state index in [1.807, 2.05) is 13.8 Å². The number of anilines is 1. The van der Waals surface area contributed by atoms with Gasteiger partial charge in [-0.1, -0.05) is 0 Å². The minimum absolute atomic E-state index is 0.0237. The lowest BCUT2D eigenvalue weighted by atomic mass is 10.2. The molecule has 1 N–H and O–H groups in total. The zero-order valence-corrected chi connectivity index (χ0v) is 14.9. The summed E-state index contributed by atoms with van der Waals surface area (Å²) in [5.41, 5.74) is 2.02. The maximum Gasteiger partial charge on any atom is 0.387 e. The van der Waals surface area contributed by atoms with Crippen molar-refractivity contribution in [3.8, 4) is 11.5 Å². The number of aryl methyl sites for hydroxylation is 1. The number of halogens is 3. The monoisotopic (exact) mass is 403 g/mol. The molecule has 2 rings (SSSR count). The van der Waals surface area contributed by atoms with E-state index in [1.54, 1.807) is 4.68 Å². The molecule has 0 aliphatic carbocycles. The van der Waals surface area contributed by atoms with Crippen LogP contribution in [0.5, 0.6) is 11.5 Å². The van der Waals surface area contributed by atoms with Crippen molar-refractivity contribution < 1.29 is 23.0 Å². The summed E-state index contributed by atoms with van der Waals surface area (Å²) in [5, 5.41) is 6.92. The highest BCUT2D eigenvalue weighted by Crippen LogP contribution is 2.31. The molecular weight excluding hydrogens is 388 g/mol. The quantitative estimate of drug-likeness (QED) is 0.801. The largest absolute Gasteiger partial charge is 0.493 e. The second-order valence-electron chi connectivity index (χ2n) is 4.93. The van der Waals surface area contributed by atoms with Crippen LogP contribution in [0.3, 0.4) is 0 Å². The van der Waals surface area contributed by atoms with Gasteiger partial charge in [0, 0.05) is 11.8 Å². The lowest BCUT2D eigenvalue weighted by molar-refractivity contribution is -0.116. The van der Waals surface area contributed by atoms with E-state index in [1.165, 1.54) is 25.3 Å². The second kappa shape index (κ2) is 7.61. The molecule has 1 aromatic heterocycles. The Labute approximate surface area is 145 Å². The van der Waals surface area contributed by atoms with E-state index in [9.17, 15) is 13.6 Å². The third kappa shape index (κ3) is 4.22. The van der Waals surface area contributed by atoms with Gasteiger partial charge in [0.2, 0.25) is 5.91 Å². The van der Waals surface area contributed by atoms with Gasteiger partial charge >= 0.3 is 6.61 Å². The van der Waals surface area contributed by atoms with E-state index in [0.717, 1.165) is 15.9 Å². The lowest BCUT2D eigenvalue weighted by Gasteiger charge is -2.12. The Bertz CT molecular complexity index is 750. The molecular formula is C15H16BrF2N3O3. The van der Waals surface area contributed by atoms with Crippen molar-refractivity contribution >= 4 is 27.5 Å². The van der Waals surface area contributed by atoms with E-state index in [-0.39, 0.29) is 24.0 Å². The number of rotatable bonds is 6. The summed E-state index contributed by atoms with van der Waals surface area (Å²) < 4.78 is 36.3. The molecule has 0 saturated heterocycles. The van der Waals surface area contributed by atoms with Crippen LogP contribution in [0.25, 0.3) is 0 Å². The van der Waals surface area contributed by atoms with E-state index in [0.29, 0.717) is 5.69 Å². The molecule has 0 fully saturated rings. The van der Waals surface area contributed by atoms with Crippen LogP contribution in [-0.4, -0.2) is 29.4 Å². The predicted molar refractivity (Wildman–Crippen MR) is 87.7 cm³/mol. The molecule has 0 radical (unpaired) electrons. The first-order valence-corrected chi connectivity index (χ1v) is 7.73. The fourth-order valence-electron chi connectivity index (χ4n) is 2.10. The molecule has 0 aliphatic heterocycles. The van der Waals surface area contributed by atoms with Crippen molar-refractivity contribution in [3.05, 3.63) is 34.1 Å². The van der Waals surface area contributed by atoms with Crippen molar-refractivity contribution in [1.29, 1.82) is 0 Å². The van der Waals surface area contributed by atoms with Gasteiger partial charge in [0.1, 0.15) is 6.54 Å². The zero-order valence-electron chi connectivity index (χ0n) is 13.3. The predicted octanol–water partition coefficient (Wildman–Crippen LogP) is 3.51. The molecule has 0 aliphatic rings. The fourth-order valence-corrected chi connectivity index (χ4v) is 2.39. The summed E-state index contributed by atoms with van der Waals surface area (Å²) in [4.78, 5) is 12.1. The summed E-state index contributed by atoms with van der Waals surface area (Å²) in [6.07, 6.45) is 0. The molecule has 0 unspecified atom stereocenters. The molecule has 0 bridgehead atoms. The van der Waals surface area contributed by atoms with Crippen molar-refractivity contribution in [2.24, 2.45) is 0 Å². The average molecular weight is 404 g/mol. The third-order valence-electron chi connectivity index (χ3n) is 3.25. The summed E-state index contributed by atoms with van der Waals surface area (Å²) in [7, 11) is 1.33. The van der Waals surface area contributed by atoms with Crippen molar-refractivity contribution in [3.63, 3.8) is 0 Å². The van der Waals surface area contributed by atoms with Crippen LogP contribution in [0.15, 0.2) is 22.7 Å². The van der Waals surface area contributed by atoms with Crippen LogP contribution in [-0.2, 0) is 11.3 Å². The smallest absolute Gasteiger partial charge is 0.387 e. The molecule has 2 aromatic rings. The number of ether oxygens (including phenoxy) is 2. The van der Waals surface area contributed by atoms with Crippen LogP contribution >= 0.6 is 15.9 Å². The molecule has 1 amide bonds.